The van der Waals surface area contributed by atoms with Crippen molar-refractivity contribution in [2.24, 2.45) is 0 Å². The Hall–Kier alpha value is -1.87. The van der Waals surface area contributed by atoms with Crippen molar-refractivity contribution in [1.29, 1.82) is 0 Å². The summed E-state index contributed by atoms with van der Waals surface area (Å²) in [4.78, 5) is 17.2. The van der Waals surface area contributed by atoms with Gasteiger partial charge in [0.1, 0.15) is 0 Å². The van der Waals surface area contributed by atoms with Gasteiger partial charge in [0, 0.05) is 31.7 Å². The Morgan fingerprint density at radius 3 is 2.48 bits per heavy atom. The van der Waals surface area contributed by atoms with Gasteiger partial charge in [-0.25, -0.2) is 0 Å². The molecule has 1 fully saturated rings. The molecule has 0 aromatic heterocycles. The molecule has 110 valence electrons. The van der Waals surface area contributed by atoms with Gasteiger partial charge in [0.05, 0.1) is 0 Å². The first kappa shape index (κ1) is 14.1. The lowest BCUT2D eigenvalue weighted by molar-refractivity contribution is 0.0639. The first-order valence-corrected chi connectivity index (χ1v) is 7.79. The minimum Gasteiger partial charge on any atom is -0.336 e. The molecule has 1 saturated heterocycles. The van der Waals surface area contributed by atoms with Crippen molar-refractivity contribution in [3.8, 4) is 0 Å². The van der Waals surface area contributed by atoms with Gasteiger partial charge in [-0.15, -0.1) is 0 Å². The number of rotatable bonds is 3. The number of carbonyl (C=O) groups excluding carboxylic acids is 1. The molecule has 0 atom stereocenters. The normalized spacial score (nSPS) is 16.3. The van der Waals surface area contributed by atoms with E-state index in [1.54, 1.807) is 0 Å². The van der Waals surface area contributed by atoms with Crippen LogP contribution in [0, 0.1) is 0 Å². The first-order valence-electron chi connectivity index (χ1n) is 7.79. The summed E-state index contributed by atoms with van der Waals surface area (Å²) in [5, 5.41) is 2.19. The predicted octanol–water partition coefficient (Wildman–Crippen LogP) is 3.01. The third kappa shape index (κ3) is 2.93. The lowest BCUT2D eigenvalue weighted by Crippen LogP contribution is -2.48. The van der Waals surface area contributed by atoms with E-state index >= 15 is 0 Å². The second-order valence-electron chi connectivity index (χ2n) is 5.66. The molecule has 3 nitrogen and oxygen atoms in total. The second kappa shape index (κ2) is 6.27. The summed E-state index contributed by atoms with van der Waals surface area (Å²) in [6.07, 6.45) is 1.18. The summed E-state index contributed by atoms with van der Waals surface area (Å²) in [5.74, 6) is 0.169. The molecule has 1 aliphatic rings. The topological polar surface area (TPSA) is 23.6 Å². The van der Waals surface area contributed by atoms with Gasteiger partial charge in [-0.05, 0) is 29.8 Å². The van der Waals surface area contributed by atoms with Crippen molar-refractivity contribution in [3.05, 3.63) is 48.0 Å². The third-order valence-electron chi connectivity index (χ3n) is 4.22. The second-order valence-corrected chi connectivity index (χ2v) is 5.66. The maximum Gasteiger partial charge on any atom is 0.254 e. The zero-order valence-corrected chi connectivity index (χ0v) is 12.6. The third-order valence-corrected chi connectivity index (χ3v) is 4.22. The van der Waals surface area contributed by atoms with E-state index in [2.05, 4.69) is 24.0 Å². The Morgan fingerprint density at radius 1 is 1.00 bits per heavy atom. The molecule has 0 spiro atoms. The van der Waals surface area contributed by atoms with Crippen LogP contribution >= 0.6 is 0 Å². The van der Waals surface area contributed by atoms with Crippen LogP contribution in [0.15, 0.2) is 42.5 Å². The Bertz CT molecular complexity index is 625. The molecule has 1 aliphatic heterocycles. The van der Waals surface area contributed by atoms with E-state index in [9.17, 15) is 4.79 Å². The lowest BCUT2D eigenvalue weighted by Gasteiger charge is -2.34. The Morgan fingerprint density at radius 2 is 1.71 bits per heavy atom. The van der Waals surface area contributed by atoms with Crippen LogP contribution in [-0.2, 0) is 0 Å². The van der Waals surface area contributed by atoms with Crippen LogP contribution in [0.25, 0.3) is 10.8 Å². The Labute approximate surface area is 126 Å². The van der Waals surface area contributed by atoms with Gasteiger partial charge in [0.2, 0.25) is 0 Å². The van der Waals surface area contributed by atoms with Crippen LogP contribution in [0.1, 0.15) is 23.7 Å². The van der Waals surface area contributed by atoms with E-state index in [-0.39, 0.29) is 5.91 Å². The van der Waals surface area contributed by atoms with Crippen LogP contribution in [0.4, 0.5) is 0 Å². The number of hydrogen-bond acceptors (Lipinski definition) is 2. The average Bonchev–Trinajstić information content (AvgIpc) is 2.55. The molecule has 3 rings (SSSR count). The summed E-state index contributed by atoms with van der Waals surface area (Å²) >= 11 is 0. The minimum absolute atomic E-state index is 0.169. The van der Waals surface area contributed by atoms with E-state index in [0.29, 0.717) is 0 Å². The summed E-state index contributed by atoms with van der Waals surface area (Å²) < 4.78 is 0. The maximum absolute atomic E-state index is 12.8. The van der Waals surface area contributed by atoms with E-state index < -0.39 is 0 Å². The number of hydrogen-bond donors (Lipinski definition) is 0. The summed E-state index contributed by atoms with van der Waals surface area (Å²) in [6, 6.07) is 14.1. The average molecular weight is 282 g/mol. The Kier molecular flexibility index (Phi) is 4.20. The van der Waals surface area contributed by atoms with E-state index in [4.69, 9.17) is 0 Å². The molecule has 0 N–H and O–H groups in total. The van der Waals surface area contributed by atoms with Gasteiger partial charge in [-0.2, -0.15) is 0 Å². The molecule has 0 saturated carbocycles. The van der Waals surface area contributed by atoms with Crippen LogP contribution in [0.5, 0.6) is 0 Å². The molecule has 0 unspecified atom stereocenters. The fraction of sp³-hybridized carbons (Fsp3) is 0.389. The number of amides is 1. The molecule has 0 aliphatic carbocycles. The zero-order valence-electron chi connectivity index (χ0n) is 12.6. The molecule has 2 aromatic carbocycles. The Balaban J connectivity index is 1.79. The van der Waals surface area contributed by atoms with Crippen molar-refractivity contribution in [2.75, 3.05) is 32.7 Å². The monoisotopic (exact) mass is 282 g/mol. The summed E-state index contributed by atoms with van der Waals surface area (Å²) in [7, 11) is 0. The maximum atomic E-state index is 12.8. The molecular weight excluding hydrogens is 260 g/mol. The van der Waals surface area contributed by atoms with Gasteiger partial charge in [-0.1, -0.05) is 43.3 Å². The smallest absolute Gasteiger partial charge is 0.254 e. The van der Waals surface area contributed by atoms with Crippen molar-refractivity contribution in [3.63, 3.8) is 0 Å². The van der Waals surface area contributed by atoms with Crippen LogP contribution < -0.4 is 0 Å². The van der Waals surface area contributed by atoms with Crippen LogP contribution in [-0.4, -0.2) is 48.4 Å². The molecule has 0 bridgehead atoms. The number of carbonyl (C=O) groups is 1. The fourth-order valence-corrected chi connectivity index (χ4v) is 3.07. The van der Waals surface area contributed by atoms with Gasteiger partial charge in [0.15, 0.2) is 0 Å². The molecule has 0 radical (unpaired) electrons. The zero-order chi connectivity index (χ0) is 14.7. The number of piperazine rings is 1. The molecule has 3 heteroatoms. The first-order chi connectivity index (χ1) is 10.3. The molecular formula is C18H22N2O. The number of benzene rings is 2. The van der Waals surface area contributed by atoms with Gasteiger partial charge < -0.3 is 4.90 Å². The van der Waals surface area contributed by atoms with Crippen molar-refractivity contribution >= 4 is 16.7 Å². The number of fused-ring (bicyclic) bond motifs is 1. The van der Waals surface area contributed by atoms with Gasteiger partial charge in [0.25, 0.3) is 5.91 Å². The number of nitrogens with zero attached hydrogens (tertiary/aromatic N) is 2. The molecule has 1 amide bonds. The lowest BCUT2D eigenvalue weighted by atomic mass is 10.0. The van der Waals surface area contributed by atoms with E-state index in [1.807, 2.05) is 35.2 Å². The highest BCUT2D eigenvalue weighted by molar-refractivity contribution is 6.07. The highest BCUT2D eigenvalue weighted by atomic mass is 16.2. The predicted molar refractivity (Wildman–Crippen MR) is 86.6 cm³/mol. The van der Waals surface area contributed by atoms with Gasteiger partial charge >= 0.3 is 0 Å². The molecule has 2 aromatic rings. The highest BCUT2D eigenvalue weighted by Gasteiger charge is 2.22. The van der Waals surface area contributed by atoms with Gasteiger partial charge in [-0.3, -0.25) is 9.69 Å². The van der Waals surface area contributed by atoms with Crippen LogP contribution in [0.2, 0.25) is 0 Å². The fourth-order valence-electron chi connectivity index (χ4n) is 3.07. The minimum atomic E-state index is 0.169. The standard InChI is InChI=1S/C18H22N2O/c1-2-10-19-11-13-20(14-12-19)18(21)17-9-5-7-15-6-3-4-8-16(15)17/h3-9H,2,10-14H2,1H3. The quantitative estimate of drug-likeness (QED) is 0.864. The highest BCUT2D eigenvalue weighted by Crippen LogP contribution is 2.20. The van der Waals surface area contributed by atoms with Crippen molar-refractivity contribution in [1.82, 2.24) is 9.80 Å². The van der Waals surface area contributed by atoms with E-state index in [1.165, 1.54) is 6.42 Å². The molecule has 21 heavy (non-hydrogen) atoms. The van der Waals surface area contributed by atoms with E-state index in [0.717, 1.165) is 49.1 Å². The SMILES string of the molecule is CCCN1CCN(C(=O)c2cccc3ccccc23)CC1. The molecule has 1 heterocycles. The van der Waals surface area contributed by atoms with Crippen molar-refractivity contribution in [2.45, 2.75) is 13.3 Å². The van der Waals surface area contributed by atoms with Crippen LogP contribution in [0.3, 0.4) is 0 Å². The largest absolute Gasteiger partial charge is 0.336 e. The summed E-state index contributed by atoms with van der Waals surface area (Å²) in [6.45, 7) is 6.99. The van der Waals surface area contributed by atoms with Crippen molar-refractivity contribution < 1.29 is 4.79 Å². The summed E-state index contributed by atoms with van der Waals surface area (Å²) in [5.41, 5.74) is 0.831.